The number of carbonyl (C=O) groups is 1. The minimum Gasteiger partial charge on any atom is -0.495 e. The van der Waals surface area contributed by atoms with E-state index in [-0.39, 0.29) is 29.9 Å². The van der Waals surface area contributed by atoms with Crippen LogP contribution < -0.4 is 14.2 Å². The van der Waals surface area contributed by atoms with Crippen molar-refractivity contribution in [3.63, 3.8) is 0 Å². The van der Waals surface area contributed by atoms with Crippen LogP contribution in [0, 0.1) is 5.82 Å². The Morgan fingerprint density at radius 2 is 1.94 bits per heavy atom. The molecule has 0 saturated carbocycles. The van der Waals surface area contributed by atoms with Crippen molar-refractivity contribution >= 4 is 29.2 Å². The van der Waals surface area contributed by atoms with E-state index in [1.54, 1.807) is 18.2 Å². The van der Waals surface area contributed by atoms with Crippen molar-refractivity contribution in [2.45, 2.75) is 31.3 Å². The van der Waals surface area contributed by atoms with Gasteiger partial charge in [0, 0.05) is 28.1 Å². The van der Waals surface area contributed by atoms with Gasteiger partial charge in [0.15, 0.2) is 11.5 Å². The summed E-state index contributed by atoms with van der Waals surface area (Å²) in [5.74, 6) is -0.586. The first kappa shape index (κ1) is 23.0. The normalized spacial score (nSPS) is 17.1. The predicted molar refractivity (Wildman–Crippen MR) is 119 cm³/mol. The molecule has 2 aromatic rings. The lowest BCUT2D eigenvalue weighted by Crippen LogP contribution is -2.44. The van der Waals surface area contributed by atoms with E-state index in [4.69, 9.17) is 42.5 Å². The molecule has 0 aliphatic carbocycles. The predicted octanol–water partition coefficient (Wildman–Crippen LogP) is 4.92. The van der Waals surface area contributed by atoms with Gasteiger partial charge < -0.3 is 24.2 Å². The van der Waals surface area contributed by atoms with E-state index in [0.717, 1.165) is 31.5 Å². The molecular weight excluding hydrogens is 460 g/mol. The second kappa shape index (κ2) is 9.33. The molecule has 2 aromatic carbocycles. The molecule has 0 radical (unpaired) electrons. The fraction of sp³-hybridized carbons (Fsp3) is 0.435. The maximum Gasteiger partial charge on any atom is 0.304 e. The highest BCUT2D eigenvalue weighted by atomic mass is 35.5. The third-order valence-electron chi connectivity index (χ3n) is 6.32. The minimum atomic E-state index is -0.800. The van der Waals surface area contributed by atoms with E-state index in [9.17, 15) is 4.79 Å². The number of benzene rings is 2. The number of hydrogen-bond donors (Lipinski definition) is 1. The van der Waals surface area contributed by atoms with Gasteiger partial charge in [-0.15, -0.1) is 0 Å². The quantitative estimate of drug-likeness (QED) is 0.602. The zero-order valence-electron chi connectivity index (χ0n) is 17.6. The third-order valence-corrected chi connectivity index (χ3v) is 7.09. The van der Waals surface area contributed by atoms with Gasteiger partial charge in [0.1, 0.15) is 12.4 Å². The molecule has 1 saturated heterocycles. The molecule has 2 aliphatic heterocycles. The molecule has 6 nitrogen and oxygen atoms in total. The zero-order valence-corrected chi connectivity index (χ0v) is 19.1. The van der Waals surface area contributed by atoms with E-state index in [2.05, 4.69) is 4.90 Å². The molecule has 1 N–H and O–H groups in total. The van der Waals surface area contributed by atoms with Crippen molar-refractivity contribution in [1.29, 1.82) is 0 Å². The van der Waals surface area contributed by atoms with Gasteiger partial charge in [0.05, 0.1) is 25.2 Å². The second-order valence-corrected chi connectivity index (χ2v) is 8.92. The summed E-state index contributed by atoms with van der Waals surface area (Å²) in [5.41, 5.74) is 1.10. The van der Waals surface area contributed by atoms with Crippen LogP contribution in [0.5, 0.6) is 17.2 Å². The number of carboxylic acids is 1. The smallest absolute Gasteiger partial charge is 0.304 e. The zero-order chi connectivity index (χ0) is 22.9. The monoisotopic (exact) mass is 483 g/mol. The molecule has 0 bridgehead atoms. The number of nitrogens with zero attached hydrogens (tertiary/aromatic N) is 1. The number of methoxy groups -OCH3 is 1. The Labute approximate surface area is 195 Å². The molecule has 2 aliphatic rings. The minimum absolute atomic E-state index is 0.0196. The molecule has 4 rings (SSSR count). The lowest BCUT2D eigenvalue weighted by Gasteiger charge is -2.38. The maximum atomic E-state index is 15.2. The van der Waals surface area contributed by atoms with Crippen molar-refractivity contribution < 1.29 is 28.5 Å². The molecule has 2 heterocycles. The van der Waals surface area contributed by atoms with Crippen LogP contribution in [-0.4, -0.2) is 49.3 Å². The largest absolute Gasteiger partial charge is 0.495 e. The van der Waals surface area contributed by atoms with Crippen LogP contribution in [0.1, 0.15) is 30.4 Å². The van der Waals surface area contributed by atoms with Crippen LogP contribution >= 0.6 is 23.2 Å². The van der Waals surface area contributed by atoms with Crippen LogP contribution in [0.3, 0.4) is 0 Å². The van der Waals surface area contributed by atoms with Gasteiger partial charge in [0.25, 0.3) is 0 Å². The maximum absolute atomic E-state index is 15.2. The summed E-state index contributed by atoms with van der Waals surface area (Å²) in [6.45, 7) is 2.42. The summed E-state index contributed by atoms with van der Waals surface area (Å²) in [4.78, 5) is 12.9. The number of aliphatic carboxylic acids is 1. The Balaban J connectivity index is 1.48. The van der Waals surface area contributed by atoms with Crippen molar-refractivity contribution in [3.8, 4) is 17.2 Å². The number of hydrogen-bond acceptors (Lipinski definition) is 5. The Morgan fingerprint density at radius 3 is 2.62 bits per heavy atom. The average Bonchev–Trinajstić information content (AvgIpc) is 3.13. The first-order valence-electron chi connectivity index (χ1n) is 10.4. The van der Waals surface area contributed by atoms with E-state index in [1.807, 2.05) is 6.07 Å². The summed E-state index contributed by atoms with van der Waals surface area (Å²) in [6.07, 6.45) is 1.69. The summed E-state index contributed by atoms with van der Waals surface area (Å²) in [5, 5.41) is 9.62. The molecular formula is C23H24Cl2FNO5. The molecule has 0 atom stereocenters. The molecule has 0 aromatic heterocycles. The van der Waals surface area contributed by atoms with E-state index in [1.165, 1.54) is 7.11 Å². The Bertz CT molecular complexity index is 1020. The highest BCUT2D eigenvalue weighted by Crippen LogP contribution is 2.48. The van der Waals surface area contributed by atoms with E-state index < -0.39 is 11.8 Å². The van der Waals surface area contributed by atoms with Crippen molar-refractivity contribution in [2.24, 2.45) is 0 Å². The molecule has 9 heteroatoms. The van der Waals surface area contributed by atoms with Gasteiger partial charge >= 0.3 is 5.97 Å². The highest BCUT2D eigenvalue weighted by Gasteiger charge is 2.44. The van der Waals surface area contributed by atoms with E-state index in [0.29, 0.717) is 34.5 Å². The van der Waals surface area contributed by atoms with Crippen LogP contribution in [0.4, 0.5) is 4.39 Å². The Kier molecular flexibility index (Phi) is 6.70. The lowest BCUT2D eigenvalue weighted by atomic mass is 9.74. The number of likely N-dealkylation sites (tertiary alicyclic amines) is 1. The van der Waals surface area contributed by atoms with Gasteiger partial charge in [0.2, 0.25) is 5.82 Å². The molecule has 0 amide bonds. The van der Waals surface area contributed by atoms with Gasteiger partial charge in [-0.05, 0) is 44.1 Å². The van der Waals surface area contributed by atoms with Gasteiger partial charge in [-0.3, -0.25) is 4.79 Å². The number of rotatable bonds is 7. The topological polar surface area (TPSA) is 68.2 Å². The number of halogens is 3. The average molecular weight is 484 g/mol. The number of ether oxygens (including phenoxy) is 3. The van der Waals surface area contributed by atoms with Crippen LogP contribution in [-0.2, 0) is 16.8 Å². The lowest BCUT2D eigenvalue weighted by molar-refractivity contribution is -0.137. The number of fused-ring (bicyclic) bond motifs is 2. The Hall–Kier alpha value is -2.22. The standard InChI is InChI=1S/C23H24Cl2FNO5/c1-30-17-5-3-16(24)14(20(17)25)12-31-18-4-2-15-22(21(18)26)32-13-23(15)7-10-27(11-8-23)9-6-19(28)29/h2-5H,6-13H2,1H3,(H,28,29). The Morgan fingerprint density at radius 1 is 1.22 bits per heavy atom. The SMILES string of the molecule is COc1ccc(Cl)c(COc2ccc3c(c2F)OCC32CCN(CCC(=O)O)CC2)c1Cl. The fourth-order valence-electron chi connectivity index (χ4n) is 4.38. The number of piperidine rings is 1. The van der Waals surface area contributed by atoms with Gasteiger partial charge in [-0.25, -0.2) is 0 Å². The summed E-state index contributed by atoms with van der Waals surface area (Å²) >= 11 is 12.6. The molecule has 32 heavy (non-hydrogen) atoms. The molecule has 1 fully saturated rings. The van der Waals surface area contributed by atoms with Gasteiger partial charge in [-0.2, -0.15) is 4.39 Å². The molecule has 0 unspecified atom stereocenters. The van der Waals surface area contributed by atoms with E-state index >= 15 is 4.39 Å². The summed E-state index contributed by atoms with van der Waals surface area (Å²) < 4.78 is 31.9. The number of carboxylic acid groups (broad SMARTS) is 1. The molecule has 1 spiro atoms. The second-order valence-electron chi connectivity index (χ2n) is 8.14. The summed E-state index contributed by atoms with van der Waals surface area (Å²) in [6, 6.07) is 6.79. The van der Waals surface area contributed by atoms with Crippen LogP contribution in [0.15, 0.2) is 24.3 Å². The van der Waals surface area contributed by atoms with Crippen molar-refractivity contribution in [3.05, 3.63) is 51.3 Å². The van der Waals surface area contributed by atoms with Crippen LogP contribution in [0.2, 0.25) is 10.0 Å². The highest BCUT2D eigenvalue weighted by molar-refractivity contribution is 6.36. The first-order valence-corrected chi connectivity index (χ1v) is 11.1. The summed E-state index contributed by atoms with van der Waals surface area (Å²) in [7, 11) is 1.50. The van der Waals surface area contributed by atoms with Gasteiger partial charge in [-0.1, -0.05) is 29.3 Å². The molecule has 172 valence electrons. The van der Waals surface area contributed by atoms with Crippen molar-refractivity contribution in [1.82, 2.24) is 4.90 Å². The third kappa shape index (κ3) is 4.34. The fourth-order valence-corrected chi connectivity index (χ4v) is 4.94. The first-order chi connectivity index (χ1) is 15.3. The van der Waals surface area contributed by atoms with Crippen LogP contribution in [0.25, 0.3) is 0 Å². The van der Waals surface area contributed by atoms with Crippen molar-refractivity contribution in [2.75, 3.05) is 33.4 Å².